The highest BCUT2D eigenvalue weighted by Crippen LogP contribution is 2.31. The van der Waals surface area contributed by atoms with Crippen molar-refractivity contribution in [2.24, 2.45) is 0 Å². The Morgan fingerprint density at radius 1 is 1.17 bits per heavy atom. The summed E-state index contributed by atoms with van der Waals surface area (Å²) >= 11 is 9.36. The summed E-state index contributed by atoms with van der Waals surface area (Å²) < 4.78 is 44.8. The van der Waals surface area contributed by atoms with E-state index >= 15 is 0 Å². The number of nitriles is 1. The first kappa shape index (κ1) is 21.7. The van der Waals surface area contributed by atoms with Crippen molar-refractivity contribution in [2.75, 3.05) is 5.32 Å². The van der Waals surface area contributed by atoms with Gasteiger partial charge in [-0.2, -0.15) is 18.4 Å². The van der Waals surface area contributed by atoms with Gasteiger partial charge in [-0.05, 0) is 58.4 Å². The van der Waals surface area contributed by atoms with Crippen molar-refractivity contribution in [2.45, 2.75) is 6.18 Å². The lowest BCUT2D eigenvalue weighted by molar-refractivity contribution is -0.137. The lowest BCUT2D eigenvalue weighted by Crippen LogP contribution is -2.14. The number of hydrogen-bond acceptors (Lipinski definition) is 3. The van der Waals surface area contributed by atoms with Crippen molar-refractivity contribution in [1.82, 2.24) is 0 Å². The molecule has 3 rings (SSSR count). The average molecular weight is 496 g/mol. The maximum absolute atomic E-state index is 12.8. The molecule has 1 N–H and O–H groups in total. The van der Waals surface area contributed by atoms with Crippen molar-refractivity contribution in [3.8, 4) is 17.4 Å². The summed E-state index contributed by atoms with van der Waals surface area (Å²) in [7, 11) is 0. The van der Waals surface area contributed by atoms with E-state index in [0.29, 0.717) is 16.3 Å². The molecule has 0 aliphatic heterocycles. The van der Waals surface area contributed by atoms with Crippen molar-refractivity contribution >= 4 is 45.2 Å². The Morgan fingerprint density at radius 3 is 2.60 bits per heavy atom. The number of carbonyl (C=O) groups excluding carboxylic acids is 1. The van der Waals surface area contributed by atoms with Gasteiger partial charge in [-0.1, -0.05) is 23.7 Å². The second-order valence-electron chi connectivity index (χ2n) is 6.03. The van der Waals surface area contributed by atoms with E-state index in [9.17, 15) is 23.2 Å². The molecule has 0 aliphatic carbocycles. The van der Waals surface area contributed by atoms with Crippen LogP contribution in [0.2, 0.25) is 5.02 Å². The van der Waals surface area contributed by atoms with Crippen LogP contribution < -0.4 is 5.32 Å². The fourth-order valence-corrected chi connectivity index (χ4v) is 2.92. The smallest absolute Gasteiger partial charge is 0.416 e. The van der Waals surface area contributed by atoms with E-state index in [1.165, 1.54) is 12.1 Å². The van der Waals surface area contributed by atoms with Crippen LogP contribution >= 0.6 is 27.5 Å². The molecule has 0 unspecified atom stereocenters. The molecule has 4 nitrogen and oxygen atoms in total. The summed E-state index contributed by atoms with van der Waals surface area (Å²) in [4.78, 5) is 12.3. The van der Waals surface area contributed by atoms with Gasteiger partial charge in [0.05, 0.1) is 10.6 Å². The van der Waals surface area contributed by atoms with Gasteiger partial charge in [0.1, 0.15) is 23.2 Å². The minimum Gasteiger partial charge on any atom is -0.457 e. The van der Waals surface area contributed by atoms with E-state index in [1.807, 2.05) is 0 Å². The van der Waals surface area contributed by atoms with Crippen molar-refractivity contribution in [1.29, 1.82) is 5.26 Å². The van der Waals surface area contributed by atoms with Gasteiger partial charge >= 0.3 is 6.18 Å². The molecule has 1 aromatic heterocycles. The predicted molar refractivity (Wildman–Crippen MR) is 111 cm³/mol. The zero-order chi connectivity index (χ0) is 21.9. The van der Waals surface area contributed by atoms with E-state index in [2.05, 4.69) is 21.2 Å². The predicted octanol–water partition coefficient (Wildman–Crippen LogP) is 6.93. The van der Waals surface area contributed by atoms with Gasteiger partial charge in [0.15, 0.2) is 0 Å². The van der Waals surface area contributed by atoms with Crippen LogP contribution in [-0.2, 0) is 11.0 Å². The molecule has 0 bridgehead atoms. The van der Waals surface area contributed by atoms with E-state index in [0.717, 1.165) is 22.7 Å². The van der Waals surface area contributed by atoms with Crippen LogP contribution in [0.25, 0.3) is 17.4 Å². The fraction of sp³-hybridized carbons (Fsp3) is 0.0476. The highest BCUT2D eigenvalue weighted by atomic mass is 79.9. The molecule has 0 aliphatic rings. The van der Waals surface area contributed by atoms with Crippen LogP contribution in [0.1, 0.15) is 11.3 Å². The summed E-state index contributed by atoms with van der Waals surface area (Å²) in [6, 6.07) is 14.3. The number of rotatable bonds is 4. The molecular formula is C21H11BrClF3N2O2. The first-order valence-electron chi connectivity index (χ1n) is 8.33. The van der Waals surface area contributed by atoms with Gasteiger partial charge in [0, 0.05) is 21.8 Å². The minimum atomic E-state index is -4.55. The number of furan rings is 1. The fourth-order valence-electron chi connectivity index (χ4n) is 2.50. The van der Waals surface area contributed by atoms with Gasteiger partial charge in [-0.15, -0.1) is 0 Å². The molecule has 9 heteroatoms. The summed E-state index contributed by atoms with van der Waals surface area (Å²) in [5, 5.41) is 12.1. The van der Waals surface area contributed by atoms with Gasteiger partial charge < -0.3 is 9.73 Å². The Morgan fingerprint density at radius 2 is 1.93 bits per heavy atom. The third-order valence-electron chi connectivity index (χ3n) is 3.93. The molecule has 2 aromatic carbocycles. The van der Waals surface area contributed by atoms with Crippen molar-refractivity contribution in [3.05, 3.63) is 81.0 Å². The maximum Gasteiger partial charge on any atom is 0.416 e. The molecule has 30 heavy (non-hydrogen) atoms. The van der Waals surface area contributed by atoms with Crippen LogP contribution in [0.3, 0.4) is 0 Å². The third kappa shape index (κ3) is 5.12. The third-order valence-corrected chi connectivity index (χ3v) is 5.16. The summed E-state index contributed by atoms with van der Waals surface area (Å²) in [5.41, 5.74) is -0.635. The zero-order valence-electron chi connectivity index (χ0n) is 14.9. The zero-order valence-corrected chi connectivity index (χ0v) is 17.3. The van der Waals surface area contributed by atoms with E-state index in [-0.39, 0.29) is 17.0 Å². The van der Waals surface area contributed by atoms with E-state index < -0.39 is 17.6 Å². The van der Waals surface area contributed by atoms with Gasteiger partial charge in [0.2, 0.25) is 0 Å². The first-order chi connectivity index (χ1) is 14.2. The number of nitrogens with zero attached hydrogens (tertiary/aromatic N) is 1. The van der Waals surface area contributed by atoms with Crippen LogP contribution in [0.5, 0.6) is 0 Å². The normalized spacial score (nSPS) is 11.8. The van der Waals surface area contributed by atoms with Crippen LogP contribution in [-0.4, -0.2) is 5.91 Å². The molecule has 3 aromatic rings. The lowest BCUT2D eigenvalue weighted by atomic mass is 10.1. The largest absolute Gasteiger partial charge is 0.457 e. The minimum absolute atomic E-state index is 0.0828. The number of nitrogens with one attached hydrogen (secondary N) is 1. The highest BCUT2D eigenvalue weighted by Gasteiger charge is 2.30. The molecule has 0 spiro atoms. The molecule has 0 fully saturated rings. The SMILES string of the molecule is N#C/C(=C/c1ccc(-c2ccc(Br)c(Cl)c2)o1)C(=O)Nc1cccc(C(F)(F)F)c1. The standard InChI is InChI=1S/C21H11BrClF3N2O2/c22-17-6-4-12(9-18(17)23)19-7-5-16(30-19)8-13(11-27)20(29)28-15-3-1-2-14(10-15)21(24,25)26/h1-10H,(H,28,29)/b13-8-. The Balaban J connectivity index is 1.81. The number of amides is 1. The average Bonchev–Trinajstić information content (AvgIpc) is 3.16. The second-order valence-corrected chi connectivity index (χ2v) is 7.29. The Labute approximate surface area is 182 Å². The van der Waals surface area contributed by atoms with Crippen LogP contribution in [0.4, 0.5) is 18.9 Å². The molecule has 0 saturated carbocycles. The van der Waals surface area contributed by atoms with Gasteiger partial charge in [-0.25, -0.2) is 0 Å². The number of benzene rings is 2. The van der Waals surface area contributed by atoms with E-state index in [1.54, 1.807) is 36.4 Å². The molecule has 0 saturated heterocycles. The maximum atomic E-state index is 12.8. The highest BCUT2D eigenvalue weighted by molar-refractivity contribution is 9.10. The summed E-state index contributed by atoms with van der Waals surface area (Å²) in [5.74, 6) is -0.174. The summed E-state index contributed by atoms with van der Waals surface area (Å²) in [6.07, 6.45) is -3.35. The van der Waals surface area contributed by atoms with E-state index in [4.69, 9.17) is 16.0 Å². The number of hydrogen-bond donors (Lipinski definition) is 1. The van der Waals surface area contributed by atoms with Gasteiger partial charge in [-0.3, -0.25) is 4.79 Å². The second kappa shape index (κ2) is 8.78. The summed E-state index contributed by atoms with van der Waals surface area (Å²) in [6.45, 7) is 0. The quantitative estimate of drug-likeness (QED) is 0.315. The Kier molecular flexibility index (Phi) is 6.34. The molecule has 1 heterocycles. The molecule has 1 amide bonds. The topological polar surface area (TPSA) is 66.0 Å². The number of alkyl halides is 3. The number of anilines is 1. The Bertz CT molecular complexity index is 1180. The number of halogens is 5. The first-order valence-corrected chi connectivity index (χ1v) is 9.50. The Hall–Kier alpha value is -3.02. The monoisotopic (exact) mass is 494 g/mol. The molecule has 0 atom stereocenters. The van der Waals surface area contributed by atoms with Crippen molar-refractivity contribution in [3.63, 3.8) is 0 Å². The molecular weight excluding hydrogens is 485 g/mol. The lowest BCUT2D eigenvalue weighted by Gasteiger charge is -2.09. The molecule has 152 valence electrons. The van der Waals surface area contributed by atoms with Gasteiger partial charge in [0.25, 0.3) is 5.91 Å². The number of carbonyl (C=O) groups is 1. The molecule has 0 radical (unpaired) electrons. The van der Waals surface area contributed by atoms with Crippen LogP contribution in [0.15, 0.2) is 69.1 Å². The van der Waals surface area contributed by atoms with Crippen molar-refractivity contribution < 1.29 is 22.4 Å². The van der Waals surface area contributed by atoms with Crippen LogP contribution in [0, 0.1) is 11.3 Å².